The smallest absolute Gasteiger partial charge is 0.425 e. The molecular weight excluding hydrogens is 453 g/mol. The Morgan fingerprint density at radius 1 is 0.912 bits per heavy atom. The quantitative estimate of drug-likeness (QED) is 0.616. The van der Waals surface area contributed by atoms with Crippen LogP contribution in [0.3, 0.4) is 0 Å². The van der Waals surface area contributed by atoms with E-state index in [1.807, 2.05) is 23.1 Å². The Labute approximate surface area is 198 Å². The molecule has 0 bridgehead atoms. The topological polar surface area (TPSA) is 65.6 Å². The lowest BCUT2D eigenvalue weighted by atomic mass is 10.1. The Bertz CT molecular complexity index is 851. The number of alkyl halides is 3. The number of hydrogen-bond acceptors (Lipinski definition) is 6. The van der Waals surface area contributed by atoms with Crippen LogP contribution in [0.4, 0.5) is 18.0 Å². The van der Waals surface area contributed by atoms with Crippen LogP contribution in [0, 0.1) is 0 Å². The lowest BCUT2D eigenvalue weighted by Gasteiger charge is -2.35. The van der Waals surface area contributed by atoms with E-state index in [9.17, 15) is 22.8 Å². The van der Waals surface area contributed by atoms with Crippen molar-refractivity contribution < 1.29 is 32.2 Å². The van der Waals surface area contributed by atoms with Gasteiger partial charge in [-0.3, -0.25) is 14.6 Å². The Morgan fingerprint density at radius 3 is 1.79 bits per heavy atom. The molecule has 0 saturated carbocycles. The predicted octanol–water partition coefficient (Wildman–Crippen LogP) is 2.56. The molecular formula is C23H33F3N4O4. The second kappa shape index (κ2) is 11.3. The van der Waals surface area contributed by atoms with Gasteiger partial charge in [-0.1, -0.05) is 18.2 Å². The van der Waals surface area contributed by atoms with Gasteiger partial charge in [0.05, 0.1) is 7.11 Å². The number of carbonyl (C=O) groups is 2. The zero-order valence-electron chi connectivity index (χ0n) is 19.9. The summed E-state index contributed by atoms with van der Waals surface area (Å²) in [6.45, 7) is 8.43. The van der Waals surface area contributed by atoms with E-state index in [0.717, 1.165) is 43.4 Å². The van der Waals surface area contributed by atoms with Crippen LogP contribution in [0.5, 0.6) is 5.75 Å². The van der Waals surface area contributed by atoms with Crippen LogP contribution < -0.4 is 4.74 Å². The van der Waals surface area contributed by atoms with E-state index in [4.69, 9.17) is 4.74 Å². The van der Waals surface area contributed by atoms with Gasteiger partial charge in [0.1, 0.15) is 5.75 Å². The minimum Gasteiger partial charge on any atom is -0.496 e. The third kappa shape index (κ3) is 6.75. The highest BCUT2D eigenvalue weighted by atomic mass is 19.4. The van der Waals surface area contributed by atoms with Gasteiger partial charge in [-0.25, -0.2) is 4.79 Å². The van der Waals surface area contributed by atoms with Crippen molar-refractivity contribution in [1.29, 1.82) is 0 Å². The molecule has 0 N–H and O–H groups in total. The van der Waals surface area contributed by atoms with Crippen molar-refractivity contribution in [3.63, 3.8) is 0 Å². The van der Waals surface area contributed by atoms with Crippen LogP contribution in [-0.2, 0) is 22.6 Å². The number of benzene rings is 1. The summed E-state index contributed by atoms with van der Waals surface area (Å²) in [7, 11) is 1.64. The Kier molecular flexibility index (Phi) is 8.64. The van der Waals surface area contributed by atoms with E-state index < -0.39 is 18.4 Å². The van der Waals surface area contributed by atoms with Crippen molar-refractivity contribution in [1.82, 2.24) is 19.6 Å². The molecule has 0 spiro atoms. The summed E-state index contributed by atoms with van der Waals surface area (Å²) in [6.07, 6.45) is -7.63. The van der Waals surface area contributed by atoms with Crippen molar-refractivity contribution in [2.24, 2.45) is 0 Å². The maximum Gasteiger partial charge on any atom is 0.425 e. The molecule has 34 heavy (non-hydrogen) atoms. The Hall–Kier alpha value is -2.53. The number of carbonyl (C=O) groups excluding carboxylic acids is 2. The summed E-state index contributed by atoms with van der Waals surface area (Å²) >= 11 is 0. The van der Waals surface area contributed by atoms with Gasteiger partial charge in [-0.2, -0.15) is 13.2 Å². The van der Waals surface area contributed by atoms with Crippen LogP contribution in [0.2, 0.25) is 0 Å². The minimum absolute atomic E-state index is 0.0995. The van der Waals surface area contributed by atoms with E-state index in [-0.39, 0.29) is 5.91 Å². The van der Waals surface area contributed by atoms with Crippen LogP contribution >= 0.6 is 0 Å². The molecule has 2 amide bonds. The number of rotatable bonds is 6. The van der Waals surface area contributed by atoms with E-state index >= 15 is 0 Å². The highest BCUT2D eigenvalue weighted by Gasteiger charge is 2.40. The zero-order chi connectivity index (χ0) is 24.9. The molecule has 1 unspecified atom stereocenters. The average molecular weight is 487 g/mol. The first-order valence-corrected chi connectivity index (χ1v) is 11.5. The normalized spacial score (nSPS) is 19.1. The van der Waals surface area contributed by atoms with E-state index in [1.54, 1.807) is 14.0 Å². The Morgan fingerprint density at radius 2 is 1.38 bits per heavy atom. The molecule has 0 aliphatic carbocycles. The number of ether oxygens (including phenoxy) is 2. The SMILES string of the molecule is COc1c(CN2CCN(C(C)=O)CC2)cccc1CN1CCN(C(=O)OC(C)C(F)(F)F)CC1. The maximum absolute atomic E-state index is 12.6. The number of amides is 2. The molecule has 11 heteroatoms. The van der Waals surface area contributed by atoms with Gasteiger partial charge < -0.3 is 19.3 Å². The van der Waals surface area contributed by atoms with Crippen molar-refractivity contribution in [3.8, 4) is 5.75 Å². The molecule has 2 fully saturated rings. The van der Waals surface area contributed by atoms with Gasteiger partial charge in [0.25, 0.3) is 0 Å². The lowest BCUT2D eigenvalue weighted by molar-refractivity contribution is -0.200. The Balaban J connectivity index is 1.54. The summed E-state index contributed by atoms with van der Waals surface area (Å²) < 4.78 is 48.2. The fourth-order valence-electron chi connectivity index (χ4n) is 4.23. The first-order chi connectivity index (χ1) is 16.1. The van der Waals surface area contributed by atoms with E-state index in [1.165, 1.54) is 4.90 Å². The van der Waals surface area contributed by atoms with Gasteiger partial charge in [-0.05, 0) is 6.92 Å². The molecule has 3 rings (SSSR count). The molecule has 2 saturated heterocycles. The molecule has 1 aromatic carbocycles. The third-order valence-electron chi connectivity index (χ3n) is 6.36. The van der Waals surface area contributed by atoms with Crippen molar-refractivity contribution in [3.05, 3.63) is 29.3 Å². The van der Waals surface area contributed by atoms with Gasteiger partial charge in [0, 0.05) is 83.5 Å². The van der Waals surface area contributed by atoms with Crippen LogP contribution in [0.25, 0.3) is 0 Å². The molecule has 2 heterocycles. The number of methoxy groups -OCH3 is 1. The molecule has 0 radical (unpaired) electrons. The number of hydrogen-bond donors (Lipinski definition) is 0. The molecule has 8 nitrogen and oxygen atoms in total. The highest BCUT2D eigenvalue weighted by molar-refractivity contribution is 5.73. The van der Waals surface area contributed by atoms with Crippen molar-refractivity contribution >= 4 is 12.0 Å². The summed E-state index contributed by atoms with van der Waals surface area (Å²) in [5, 5.41) is 0. The summed E-state index contributed by atoms with van der Waals surface area (Å²) in [5.41, 5.74) is 2.09. The monoisotopic (exact) mass is 486 g/mol. The molecule has 1 aromatic rings. The van der Waals surface area contributed by atoms with Crippen LogP contribution in [-0.4, -0.2) is 103 Å². The number of para-hydroxylation sites is 1. The van der Waals surface area contributed by atoms with E-state index in [0.29, 0.717) is 45.8 Å². The molecule has 1 atom stereocenters. The maximum atomic E-state index is 12.6. The second-order valence-corrected chi connectivity index (χ2v) is 8.72. The highest BCUT2D eigenvalue weighted by Crippen LogP contribution is 2.28. The van der Waals surface area contributed by atoms with Gasteiger partial charge in [0.2, 0.25) is 5.91 Å². The fourth-order valence-corrected chi connectivity index (χ4v) is 4.23. The number of halogens is 3. The van der Waals surface area contributed by atoms with Gasteiger partial charge in [0.15, 0.2) is 6.10 Å². The number of piperazine rings is 2. The minimum atomic E-state index is -4.57. The third-order valence-corrected chi connectivity index (χ3v) is 6.36. The molecule has 190 valence electrons. The van der Waals surface area contributed by atoms with Crippen molar-refractivity contribution in [2.75, 3.05) is 59.5 Å². The zero-order valence-corrected chi connectivity index (χ0v) is 19.9. The predicted molar refractivity (Wildman–Crippen MR) is 119 cm³/mol. The summed E-state index contributed by atoms with van der Waals surface area (Å²) in [4.78, 5) is 31.2. The molecule has 2 aliphatic heterocycles. The molecule has 0 aromatic heterocycles. The van der Waals surface area contributed by atoms with Gasteiger partial charge in [-0.15, -0.1) is 0 Å². The van der Waals surface area contributed by atoms with Crippen molar-refractivity contribution in [2.45, 2.75) is 39.2 Å². The second-order valence-electron chi connectivity index (χ2n) is 8.72. The molecule has 2 aliphatic rings. The standard InChI is InChI=1S/C23H33F3N4O4/c1-17(23(24,25)26)34-22(32)30-13-9-28(10-14-30)16-20-6-4-5-19(21(20)33-3)15-27-7-11-29(12-8-27)18(2)31/h4-6,17H,7-16H2,1-3H3. The van der Waals surface area contributed by atoms with Crippen LogP contribution in [0.1, 0.15) is 25.0 Å². The number of nitrogens with zero attached hydrogens (tertiary/aromatic N) is 4. The fraction of sp³-hybridized carbons (Fsp3) is 0.652. The largest absolute Gasteiger partial charge is 0.496 e. The summed E-state index contributed by atoms with van der Waals surface area (Å²) in [6, 6.07) is 6.03. The average Bonchev–Trinajstić information content (AvgIpc) is 2.79. The van der Waals surface area contributed by atoms with E-state index in [2.05, 4.69) is 14.5 Å². The lowest BCUT2D eigenvalue weighted by Crippen LogP contribution is -2.49. The van der Waals surface area contributed by atoms with Crippen LogP contribution in [0.15, 0.2) is 18.2 Å². The first kappa shape index (κ1) is 26.1. The summed E-state index contributed by atoms with van der Waals surface area (Å²) in [5.74, 6) is 0.916. The first-order valence-electron chi connectivity index (χ1n) is 11.5. The van der Waals surface area contributed by atoms with Gasteiger partial charge >= 0.3 is 12.3 Å².